The van der Waals surface area contributed by atoms with E-state index >= 15 is 0 Å². The van der Waals surface area contributed by atoms with Crippen LogP contribution in [0.3, 0.4) is 0 Å². The van der Waals surface area contributed by atoms with Gasteiger partial charge in [0, 0.05) is 25.3 Å². The Morgan fingerprint density at radius 3 is 2.63 bits per heavy atom. The van der Waals surface area contributed by atoms with Crippen LogP contribution in [0.25, 0.3) is 0 Å². The van der Waals surface area contributed by atoms with Crippen LogP contribution in [0.2, 0.25) is 0 Å². The summed E-state index contributed by atoms with van der Waals surface area (Å²) in [7, 11) is 1.63. The molecule has 1 aromatic carbocycles. The number of anilines is 1. The summed E-state index contributed by atoms with van der Waals surface area (Å²) in [5, 5.41) is 0. The molecule has 1 aromatic rings. The molecule has 0 aromatic heterocycles. The number of benzene rings is 1. The summed E-state index contributed by atoms with van der Waals surface area (Å²) in [5.41, 5.74) is 6.57. The van der Waals surface area contributed by atoms with Crippen LogP contribution in [0, 0.1) is 5.82 Å². The molecule has 0 saturated heterocycles. The Morgan fingerprint density at radius 2 is 2.16 bits per heavy atom. The topological polar surface area (TPSA) is 38.5 Å². The van der Waals surface area contributed by atoms with Crippen LogP contribution in [0.15, 0.2) is 16.6 Å². The fraction of sp³-hybridized carbons (Fsp3) is 0.462. The number of rotatable bonds is 6. The molecule has 0 aliphatic heterocycles. The number of thiocarbonyl (C=S) groups is 1. The molecule has 2 N–H and O–H groups in total. The minimum Gasteiger partial charge on any atom is -0.389 e. The zero-order valence-corrected chi connectivity index (χ0v) is 13.6. The highest BCUT2D eigenvalue weighted by molar-refractivity contribution is 9.10. The van der Waals surface area contributed by atoms with Crippen molar-refractivity contribution < 1.29 is 9.13 Å². The van der Waals surface area contributed by atoms with Crippen LogP contribution in [0.5, 0.6) is 0 Å². The Bertz CT molecular complexity index is 468. The third kappa shape index (κ3) is 3.87. The van der Waals surface area contributed by atoms with Crippen LogP contribution in [-0.2, 0) is 4.74 Å². The van der Waals surface area contributed by atoms with Crippen molar-refractivity contribution in [2.75, 3.05) is 25.2 Å². The first kappa shape index (κ1) is 16.3. The van der Waals surface area contributed by atoms with Gasteiger partial charge in [0.15, 0.2) is 5.82 Å². The largest absolute Gasteiger partial charge is 0.389 e. The molecule has 0 aliphatic rings. The predicted octanol–water partition coefficient (Wildman–Crippen LogP) is 3.08. The number of halogens is 2. The van der Waals surface area contributed by atoms with Crippen molar-refractivity contribution in [1.82, 2.24) is 0 Å². The summed E-state index contributed by atoms with van der Waals surface area (Å²) in [4.78, 5) is 2.11. The summed E-state index contributed by atoms with van der Waals surface area (Å²) in [6.45, 7) is 5.16. The van der Waals surface area contributed by atoms with Gasteiger partial charge < -0.3 is 15.4 Å². The van der Waals surface area contributed by atoms with E-state index in [-0.39, 0.29) is 16.8 Å². The monoisotopic (exact) mass is 348 g/mol. The van der Waals surface area contributed by atoms with E-state index in [1.54, 1.807) is 19.2 Å². The molecule has 0 atom stereocenters. The molecule has 0 radical (unpaired) electrons. The number of nitrogens with two attached hydrogens (primary N) is 1. The van der Waals surface area contributed by atoms with E-state index in [4.69, 9.17) is 22.7 Å². The minimum absolute atomic E-state index is 0.159. The molecular weight excluding hydrogens is 331 g/mol. The van der Waals surface area contributed by atoms with Gasteiger partial charge in [0.25, 0.3) is 0 Å². The van der Waals surface area contributed by atoms with Crippen LogP contribution < -0.4 is 10.6 Å². The van der Waals surface area contributed by atoms with Crippen molar-refractivity contribution in [3.63, 3.8) is 0 Å². The highest BCUT2D eigenvalue weighted by Gasteiger charge is 2.19. The summed E-state index contributed by atoms with van der Waals surface area (Å²) in [6.07, 6.45) is 0. The van der Waals surface area contributed by atoms with Gasteiger partial charge in [0.05, 0.1) is 16.8 Å². The maximum Gasteiger partial charge on any atom is 0.161 e. The number of hydrogen-bond acceptors (Lipinski definition) is 3. The average Bonchev–Trinajstić information content (AvgIpc) is 2.33. The molecule has 0 fully saturated rings. The molecule has 0 heterocycles. The maximum absolute atomic E-state index is 14.4. The zero-order chi connectivity index (χ0) is 14.6. The van der Waals surface area contributed by atoms with E-state index in [1.807, 2.05) is 18.7 Å². The van der Waals surface area contributed by atoms with Crippen molar-refractivity contribution in [3.8, 4) is 0 Å². The van der Waals surface area contributed by atoms with Crippen molar-refractivity contribution in [2.24, 2.45) is 5.73 Å². The predicted molar refractivity (Wildman–Crippen MR) is 84.3 cm³/mol. The lowest BCUT2D eigenvalue weighted by Crippen LogP contribution is -2.34. The van der Waals surface area contributed by atoms with Gasteiger partial charge in [0.2, 0.25) is 0 Å². The molecule has 6 heteroatoms. The fourth-order valence-corrected chi connectivity index (χ4v) is 2.65. The van der Waals surface area contributed by atoms with E-state index in [0.717, 1.165) is 0 Å². The number of methoxy groups -OCH3 is 1. The number of ether oxygens (including phenoxy) is 1. The van der Waals surface area contributed by atoms with E-state index in [1.165, 1.54) is 0 Å². The van der Waals surface area contributed by atoms with Crippen LogP contribution >= 0.6 is 28.1 Å². The molecule has 0 unspecified atom stereocenters. The first-order chi connectivity index (χ1) is 8.90. The Balaban J connectivity index is 3.18. The third-order valence-corrected chi connectivity index (χ3v) is 3.79. The second kappa shape index (κ2) is 7.17. The van der Waals surface area contributed by atoms with Crippen molar-refractivity contribution >= 4 is 38.8 Å². The molecule has 0 bridgehead atoms. The molecular formula is C13H18BrFN2OS. The smallest absolute Gasteiger partial charge is 0.161 e. The first-order valence-electron chi connectivity index (χ1n) is 5.93. The van der Waals surface area contributed by atoms with E-state index < -0.39 is 0 Å². The number of hydrogen-bond donors (Lipinski definition) is 1. The molecule has 0 spiro atoms. The zero-order valence-electron chi connectivity index (χ0n) is 11.2. The lowest BCUT2D eigenvalue weighted by Gasteiger charge is -2.29. The SMILES string of the molecule is COCCN(c1ccc(C(N)=S)c(Br)c1F)C(C)C. The second-order valence-electron chi connectivity index (χ2n) is 4.40. The Kier molecular flexibility index (Phi) is 6.16. The van der Waals surface area contributed by atoms with E-state index in [9.17, 15) is 4.39 Å². The summed E-state index contributed by atoms with van der Waals surface area (Å²) >= 11 is 8.10. The third-order valence-electron chi connectivity index (χ3n) is 2.80. The van der Waals surface area contributed by atoms with Crippen molar-refractivity contribution in [1.29, 1.82) is 0 Å². The van der Waals surface area contributed by atoms with Crippen molar-refractivity contribution in [2.45, 2.75) is 19.9 Å². The van der Waals surface area contributed by atoms with Gasteiger partial charge in [0.1, 0.15) is 4.99 Å². The van der Waals surface area contributed by atoms with Crippen LogP contribution in [0.1, 0.15) is 19.4 Å². The quantitative estimate of drug-likeness (QED) is 0.801. The normalized spacial score (nSPS) is 10.8. The van der Waals surface area contributed by atoms with Gasteiger partial charge >= 0.3 is 0 Å². The average molecular weight is 349 g/mol. The molecule has 19 heavy (non-hydrogen) atoms. The molecule has 0 aliphatic carbocycles. The Labute approximate surface area is 127 Å². The lowest BCUT2D eigenvalue weighted by molar-refractivity contribution is 0.203. The first-order valence-corrected chi connectivity index (χ1v) is 7.13. The molecule has 1 rings (SSSR count). The minimum atomic E-state index is -0.352. The van der Waals surface area contributed by atoms with Gasteiger partial charge in [-0.05, 0) is 41.9 Å². The van der Waals surface area contributed by atoms with Crippen molar-refractivity contribution in [3.05, 3.63) is 28.0 Å². The molecule has 106 valence electrons. The highest BCUT2D eigenvalue weighted by atomic mass is 79.9. The van der Waals surface area contributed by atoms with Gasteiger partial charge in [-0.3, -0.25) is 0 Å². The molecule has 0 amide bonds. The second-order valence-corrected chi connectivity index (χ2v) is 5.64. The summed E-state index contributed by atoms with van der Waals surface area (Å²) in [6, 6.07) is 3.59. The Hall–Kier alpha value is -0.720. The van der Waals surface area contributed by atoms with Gasteiger partial charge in [-0.25, -0.2) is 4.39 Å². The van der Waals surface area contributed by atoms with Crippen LogP contribution in [0.4, 0.5) is 10.1 Å². The summed E-state index contributed by atoms with van der Waals surface area (Å²) < 4.78 is 19.8. The molecule has 0 saturated carbocycles. The van der Waals surface area contributed by atoms with E-state index in [2.05, 4.69) is 15.9 Å². The maximum atomic E-state index is 14.4. The summed E-state index contributed by atoms with van der Waals surface area (Å²) in [5.74, 6) is -0.352. The lowest BCUT2D eigenvalue weighted by atomic mass is 10.1. The standard InChI is InChI=1S/C13H18BrFN2OS/c1-8(2)17(6-7-18-3)10-5-4-9(13(16)19)11(14)12(10)15/h4-5,8H,6-7H2,1-3H3,(H2,16,19). The van der Waals surface area contributed by atoms with E-state index in [0.29, 0.717) is 28.9 Å². The highest BCUT2D eigenvalue weighted by Crippen LogP contribution is 2.30. The van der Waals surface area contributed by atoms with Gasteiger partial charge in [-0.2, -0.15) is 0 Å². The number of nitrogens with zero attached hydrogens (tertiary/aromatic N) is 1. The van der Waals surface area contributed by atoms with Gasteiger partial charge in [-0.1, -0.05) is 12.2 Å². The molecule has 3 nitrogen and oxygen atoms in total. The van der Waals surface area contributed by atoms with Gasteiger partial charge in [-0.15, -0.1) is 0 Å². The Morgan fingerprint density at radius 1 is 1.53 bits per heavy atom. The fourth-order valence-electron chi connectivity index (χ4n) is 1.80. The van der Waals surface area contributed by atoms with Crippen LogP contribution in [-0.4, -0.2) is 31.3 Å².